The number of hydrogen-bond donors (Lipinski definition) is 3. The topological polar surface area (TPSA) is 120 Å². The Morgan fingerprint density at radius 1 is 1.05 bits per heavy atom. The molecule has 39 heavy (non-hydrogen) atoms. The molecule has 10 heteroatoms. The van der Waals surface area contributed by atoms with Crippen LogP contribution in [-0.2, 0) is 16.4 Å². The maximum Gasteiger partial charge on any atom is 0.252 e. The van der Waals surface area contributed by atoms with Crippen LogP contribution in [0.2, 0.25) is 0 Å². The van der Waals surface area contributed by atoms with E-state index in [1.165, 1.54) is 27.8 Å². The van der Waals surface area contributed by atoms with Crippen molar-refractivity contribution in [3.8, 4) is 5.75 Å². The minimum atomic E-state index is -3.95. The van der Waals surface area contributed by atoms with Crippen molar-refractivity contribution in [3.05, 3.63) is 88.9 Å². The van der Waals surface area contributed by atoms with Crippen molar-refractivity contribution in [3.63, 3.8) is 0 Å². The Morgan fingerprint density at radius 2 is 1.79 bits per heavy atom. The molecule has 8 nitrogen and oxygen atoms in total. The van der Waals surface area contributed by atoms with E-state index in [2.05, 4.69) is 10.3 Å². The van der Waals surface area contributed by atoms with Crippen LogP contribution in [-0.4, -0.2) is 59.1 Å². The molecule has 3 aromatic carbocycles. The summed E-state index contributed by atoms with van der Waals surface area (Å²) in [7, 11) is -3.95. The van der Waals surface area contributed by atoms with Crippen LogP contribution in [0.1, 0.15) is 35.3 Å². The third-order valence-corrected chi connectivity index (χ3v) is 9.15. The van der Waals surface area contributed by atoms with Gasteiger partial charge in [-0.2, -0.15) is 4.31 Å². The van der Waals surface area contributed by atoms with Gasteiger partial charge in [-0.3, -0.25) is 4.79 Å². The number of hydrogen-bond acceptors (Lipinski definition) is 7. The number of nitrogens with zero attached hydrogens (tertiary/aromatic N) is 2. The van der Waals surface area contributed by atoms with Crippen molar-refractivity contribution in [2.75, 3.05) is 13.1 Å². The molecule has 1 heterocycles. The molecule has 0 saturated heterocycles. The summed E-state index contributed by atoms with van der Waals surface area (Å²) in [6, 6.07) is 18.1. The number of thiazole rings is 1. The Kier molecular flexibility index (Phi) is 9.01. The number of carbonyl (C=O) groups excluding carboxylic acids is 1. The van der Waals surface area contributed by atoms with E-state index in [0.717, 1.165) is 15.8 Å². The van der Waals surface area contributed by atoms with Crippen molar-refractivity contribution in [2.24, 2.45) is 5.92 Å². The average molecular weight is 568 g/mol. The van der Waals surface area contributed by atoms with Gasteiger partial charge in [-0.1, -0.05) is 50.2 Å². The van der Waals surface area contributed by atoms with Gasteiger partial charge in [0, 0.05) is 24.2 Å². The van der Waals surface area contributed by atoms with Gasteiger partial charge >= 0.3 is 0 Å². The Morgan fingerprint density at radius 3 is 2.51 bits per heavy atom. The largest absolute Gasteiger partial charge is 0.508 e. The molecule has 4 rings (SSSR count). The number of amides is 1. The third-order valence-electron chi connectivity index (χ3n) is 6.53. The van der Waals surface area contributed by atoms with E-state index < -0.39 is 28.1 Å². The molecular weight excluding hydrogens is 534 g/mol. The second-order valence-corrected chi connectivity index (χ2v) is 12.8. The number of nitrogens with one attached hydrogen (secondary N) is 1. The van der Waals surface area contributed by atoms with Crippen molar-refractivity contribution >= 4 is 37.5 Å². The van der Waals surface area contributed by atoms with E-state index in [1.54, 1.807) is 36.7 Å². The predicted molar refractivity (Wildman–Crippen MR) is 153 cm³/mol. The SMILES string of the molecule is Cc1c(O)cccc1C(=O)N[C@@H](Cc1ccccc1)[C@H](O)CN(CC(C)C)S(=O)(=O)c1ccc2ncsc2c1. The molecule has 2 atom stereocenters. The van der Waals surface area contributed by atoms with Crippen LogP contribution in [0.5, 0.6) is 5.75 Å². The number of phenols is 1. The van der Waals surface area contributed by atoms with E-state index in [4.69, 9.17) is 0 Å². The van der Waals surface area contributed by atoms with Gasteiger partial charge in [0.1, 0.15) is 5.75 Å². The van der Waals surface area contributed by atoms with E-state index in [-0.39, 0.29) is 41.6 Å². The first-order valence-corrected chi connectivity index (χ1v) is 15.0. The molecule has 206 valence electrons. The Balaban J connectivity index is 1.63. The summed E-state index contributed by atoms with van der Waals surface area (Å²) < 4.78 is 29.6. The lowest BCUT2D eigenvalue weighted by atomic mass is 9.99. The van der Waals surface area contributed by atoms with Gasteiger partial charge in [-0.15, -0.1) is 11.3 Å². The number of carbonyl (C=O) groups is 1. The Hall–Kier alpha value is -3.31. The van der Waals surface area contributed by atoms with Crippen LogP contribution in [0.15, 0.2) is 77.1 Å². The lowest BCUT2D eigenvalue weighted by Crippen LogP contribution is -2.51. The molecule has 4 aromatic rings. The molecule has 0 bridgehead atoms. The summed E-state index contributed by atoms with van der Waals surface area (Å²) >= 11 is 1.36. The molecule has 3 N–H and O–H groups in total. The fourth-order valence-electron chi connectivity index (χ4n) is 4.43. The maximum atomic E-state index is 13.8. The van der Waals surface area contributed by atoms with Gasteiger partial charge in [0.05, 0.1) is 32.8 Å². The molecule has 0 saturated carbocycles. The number of phenolic OH excluding ortho intramolecular Hbond substituents is 1. The summed E-state index contributed by atoms with van der Waals surface area (Å²) in [6.07, 6.45) is -0.930. The van der Waals surface area contributed by atoms with E-state index in [9.17, 15) is 23.4 Å². The average Bonchev–Trinajstić information content (AvgIpc) is 3.38. The molecule has 0 fully saturated rings. The van der Waals surface area contributed by atoms with Crippen LogP contribution >= 0.6 is 11.3 Å². The number of rotatable bonds is 11. The number of aliphatic hydroxyl groups excluding tert-OH is 1. The monoisotopic (exact) mass is 567 g/mol. The number of benzene rings is 3. The molecule has 0 aliphatic rings. The highest BCUT2D eigenvalue weighted by atomic mass is 32.2. The van der Waals surface area contributed by atoms with E-state index in [0.29, 0.717) is 5.56 Å². The lowest BCUT2D eigenvalue weighted by molar-refractivity contribution is 0.0775. The van der Waals surface area contributed by atoms with E-state index >= 15 is 0 Å². The van der Waals surface area contributed by atoms with Crippen LogP contribution in [0.25, 0.3) is 10.2 Å². The quantitative estimate of drug-likeness (QED) is 0.248. The molecule has 0 aliphatic carbocycles. The number of aromatic nitrogens is 1. The summed E-state index contributed by atoms with van der Waals surface area (Å²) in [5.74, 6) is -0.469. The molecule has 0 unspecified atom stereocenters. The Labute approximate surface area is 233 Å². The fraction of sp³-hybridized carbons (Fsp3) is 0.310. The molecular formula is C29H33N3O5S2. The van der Waals surface area contributed by atoms with Gasteiger partial charge in [0.25, 0.3) is 5.91 Å². The minimum absolute atomic E-state index is 0.00350. The second-order valence-electron chi connectivity index (χ2n) is 9.98. The smallest absolute Gasteiger partial charge is 0.252 e. The van der Waals surface area contributed by atoms with Crippen molar-refractivity contribution < 1.29 is 23.4 Å². The highest BCUT2D eigenvalue weighted by Crippen LogP contribution is 2.25. The number of sulfonamides is 1. The summed E-state index contributed by atoms with van der Waals surface area (Å²) in [6.45, 7) is 5.45. The zero-order chi connectivity index (χ0) is 28.2. The summed E-state index contributed by atoms with van der Waals surface area (Å²) in [5, 5.41) is 24.4. The van der Waals surface area contributed by atoms with Crippen LogP contribution in [0.4, 0.5) is 0 Å². The maximum absolute atomic E-state index is 13.8. The molecule has 0 aliphatic heterocycles. The van der Waals surface area contributed by atoms with Gasteiger partial charge < -0.3 is 15.5 Å². The first-order chi connectivity index (χ1) is 18.6. The van der Waals surface area contributed by atoms with Crippen molar-refractivity contribution in [2.45, 2.75) is 44.2 Å². The summed E-state index contributed by atoms with van der Waals surface area (Å²) in [5.41, 5.74) is 3.97. The van der Waals surface area contributed by atoms with Gasteiger partial charge in [0.15, 0.2) is 0 Å². The predicted octanol–water partition coefficient (Wildman–Crippen LogP) is 4.36. The zero-order valence-electron chi connectivity index (χ0n) is 22.1. The first-order valence-electron chi connectivity index (χ1n) is 12.7. The van der Waals surface area contributed by atoms with Crippen LogP contribution in [0, 0.1) is 12.8 Å². The highest BCUT2D eigenvalue weighted by Gasteiger charge is 2.32. The van der Waals surface area contributed by atoms with E-state index in [1.807, 2.05) is 44.2 Å². The molecule has 1 amide bonds. The third kappa shape index (κ3) is 6.83. The highest BCUT2D eigenvalue weighted by molar-refractivity contribution is 7.89. The van der Waals surface area contributed by atoms with Crippen LogP contribution < -0.4 is 5.32 Å². The lowest BCUT2D eigenvalue weighted by Gasteiger charge is -2.31. The normalized spacial score (nSPS) is 13.6. The van der Waals surface area contributed by atoms with Crippen molar-refractivity contribution in [1.29, 1.82) is 0 Å². The minimum Gasteiger partial charge on any atom is -0.508 e. The van der Waals surface area contributed by atoms with Crippen molar-refractivity contribution in [1.82, 2.24) is 14.6 Å². The first kappa shape index (κ1) is 28.7. The molecule has 1 aromatic heterocycles. The van der Waals surface area contributed by atoms with Crippen LogP contribution in [0.3, 0.4) is 0 Å². The van der Waals surface area contributed by atoms with Gasteiger partial charge in [0.2, 0.25) is 10.0 Å². The number of fused-ring (bicyclic) bond motifs is 1. The summed E-state index contributed by atoms with van der Waals surface area (Å²) in [4.78, 5) is 17.6. The van der Waals surface area contributed by atoms with Gasteiger partial charge in [-0.05, 0) is 55.2 Å². The number of aliphatic hydroxyl groups is 1. The standard InChI is InChI=1S/C29H33N3O5S2/c1-19(2)16-32(39(36,37)22-12-13-24-28(15-22)38-18-30-24)17-27(34)25(14-21-8-5-4-6-9-21)31-29(35)23-10-7-11-26(33)20(23)3/h4-13,15,18-19,25,27,33-34H,14,16-17H2,1-3H3,(H,31,35)/t25-,27+/m0/s1. The van der Waals surface area contributed by atoms with Gasteiger partial charge in [-0.25, -0.2) is 13.4 Å². The molecule has 0 radical (unpaired) electrons. The molecule has 0 spiro atoms. The zero-order valence-corrected chi connectivity index (χ0v) is 23.7. The second kappa shape index (κ2) is 12.3. The fourth-order valence-corrected chi connectivity index (χ4v) is 6.86. The Bertz CT molecular complexity index is 1540. The number of aromatic hydroxyl groups is 1.